The predicted molar refractivity (Wildman–Crippen MR) is 60.3 cm³/mol. The Morgan fingerprint density at radius 1 is 1.50 bits per heavy atom. The number of methoxy groups -OCH3 is 1. The fourth-order valence-corrected chi connectivity index (χ4v) is 1.45. The molecule has 0 radical (unpaired) electrons. The summed E-state index contributed by atoms with van der Waals surface area (Å²) in [6, 6.07) is 5.72. The average molecular weight is 221 g/mol. The van der Waals surface area contributed by atoms with Crippen molar-refractivity contribution in [2.24, 2.45) is 0 Å². The second-order valence-corrected chi connectivity index (χ2v) is 3.63. The van der Waals surface area contributed by atoms with Crippen molar-refractivity contribution in [1.29, 1.82) is 0 Å². The number of aryl methyl sites for hydroxylation is 1. The molecule has 0 aliphatic rings. The Balaban J connectivity index is 2.90. The summed E-state index contributed by atoms with van der Waals surface area (Å²) in [5.74, 6) is 0.180. The van der Waals surface area contributed by atoms with Crippen LogP contribution < -0.4 is 4.74 Å². The van der Waals surface area contributed by atoms with Crippen molar-refractivity contribution in [3.05, 3.63) is 29.3 Å². The van der Waals surface area contributed by atoms with Crippen LogP contribution in [0.5, 0.6) is 5.75 Å². The molecular weight excluding hydrogens is 206 g/mol. The van der Waals surface area contributed by atoms with Crippen LogP contribution in [0.2, 0.25) is 0 Å². The van der Waals surface area contributed by atoms with Crippen molar-refractivity contribution < 1.29 is 14.3 Å². The van der Waals surface area contributed by atoms with Crippen molar-refractivity contribution in [3.8, 4) is 5.75 Å². The van der Waals surface area contributed by atoms with E-state index >= 15 is 0 Å². The predicted octanol–water partition coefficient (Wildman–Crippen LogP) is 1.16. The van der Waals surface area contributed by atoms with Gasteiger partial charge in [0.1, 0.15) is 5.75 Å². The van der Waals surface area contributed by atoms with Crippen molar-refractivity contribution in [1.82, 2.24) is 4.90 Å². The van der Waals surface area contributed by atoms with Gasteiger partial charge in [0.2, 0.25) is 6.29 Å². The van der Waals surface area contributed by atoms with Crippen LogP contribution in [0, 0.1) is 6.92 Å². The molecule has 1 amide bonds. The van der Waals surface area contributed by atoms with E-state index in [4.69, 9.17) is 4.74 Å². The molecule has 0 bridgehead atoms. The fraction of sp³-hybridized carbons (Fsp3) is 0.333. The Labute approximate surface area is 94.8 Å². The van der Waals surface area contributed by atoms with Gasteiger partial charge in [-0.25, -0.2) is 0 Å². The van der Waals surface area contributed by atoms with E-state index in [1.807, 2.05) is 25.1 Å². The van der Waals surface area contributed by atoms with E-state index in [-0.39, 0.29) is 0 Å². The average Bonchev–Trinajstić information content (AvgIpc) is 2.28. The monoisotopic (exact) mass is 221 g/mol. The van der Waals surface area contributed by atoms with Crippen molar-refractivity contribution in [2.45, 2.75) is 13.5 Å². The van der Waals surface area contributed by atoms with E-state index in [0.29, 0.717) is 12.8 Å². The number of likely N-dealkylation sites (N-methyl/N-ethyl adjacent to an activating group) is 1. The molecule has 0 aliphatic carbocycles. The molecule has 0 spiro atoms. The molecular formula is C12H15NO3. The lowest BCUT2D eigenvalue weighted by atomic mass is 10.1. The van der Waals surface area contributed by atoms with Gasteiger partial charge < -0.3 is 9.64 Å². The van der Waals surface area contributed by atoms with Crippen molar-refractivity contribution in [3.63, 3.8) is 0 Å². The standard InChI is InChI=1S/C12H15NO3/c1-9-4-5-11(16-3)10(6-9)7-13(2)12(15)8-14/h4-6,8H,7H2,1-3H3. The Hall–Kier alpha value is -1.84. The first-order chi connectivity index (χ1) is 7.58. The third kappa shape index (κ3) is 2.82. The van der Waals surface area contributed by atoms with Gasteiger partial charge in [0.05, 0.1) is 7.11 Å². The zero-order valence-corrected chi connectivity index (χ0v) is 9.69. The highest BCUT2D eigenvalue weighted by molar-refractivity contribution is 6.23. The molecule has 1 rings (SSSR count). The van der Waals surface area contributed by atoms with Gasteiger partial charge in [-0.2, -0.15) is 0 Å². The summed E-state index contributed by atoms with van der Waals surface area (Å²) in [6.07, 6.45) is 0.308. The highest BCUT2D eigenvalue weighted by atomic mass is 16.5. The topological polar surface area (TPSA) is 46.6 Å². The zero-order valence-electron chi connectivity index (χ0n) is 9.69. The Morgan fingerprint density at radius 2 is 2.19 bits per heavy atom. The molecule has 0 fully saturated rings. The first-order valence-electron chi connectivity index (χ1n) is 4.92. The van der Waals surface area contributed by atoms with E-state index < -0.39 is 5.91 Å². The molecule has 0 unspecified atom stereocenters. The summed E-state index contributed by atoms with van der Waals surface area (Å²) in [5, 5.41) is 0. The first-order valence-corrected chi connectivity index (χ1v) is 4.92. The molecule has 16 heavy (non-hydrogen) atoms. The number of hydrogen-bond acceptors (Lipinski definition) is 3. The van der Waals surface area contributed by atoms with Gasteiger partial charge in [0, 0.05) is 19.2 Å². The lowest BCUT2D eigenvalue weighted by molar-refractivity contribution is -0.138. The molecule has 0 N–H and O–H groups in total. The quantitative estimate of drug-likeness (QED) is 0.566. The minimum absolute atomic E-state index is 0.308. The number of carbonyl (C=O) groups excluding carboxylic acids is 2. The van der Waals surface area contributed by atoms with Crippen LogP contribution in [0.1, 0.15) is 11.1 Å². The normalized spacial score (nSPS) is 9.69. The van der Waals surface area contributed by atoms with E-state index in [1.54, 1.807) is 14.2 Å². The van der Waals surface area contributed by atoms with Crippen LogP contribution in [-0.2, 0) is 16.1 Å². The van der Waals surface area contributed by atoms with Gasteiger partial charge in [0.25, 0.3) is 5.91 Å². The number of ether oxygens (including phenoxy) is 1. The second-order valence-electron chi connectivity index (χ2n) is 3.63. The van der Waals surface area contributed by atoms with Gasteiger partial charge in [0.15, 0.2) is 0 Å². The SMILES string of the molecule is COc1ccc(C)cc1CN(C)C(=O)C=O. The van der Waals surface area contributed by atoms with E-state index in [9.17, 15) is 9.59 Å². The summed E-state index contributed by atoms with van der Waals surface area (Å²) in [7, 11) is 3.16. The molecule has 0 atom stereocenters. The minimum Gasteiger partial charge on any atom is -0.496 e. The summed E-state index contributed by atoms with van der Waals surface area (Å²) in [5.41, 5.74) is 1.97. The van der Waals surface area contributed by atoms with Crippen LogP contribution in [0.15, 0.2) is 18.2 Å². The van der Waals surface area contributed by atoms with Crippen LogP contribution >= 0.6 is 0 Å². The smallest absolute Gasteiger partial charge is 0.286 e. The maximum Gasteiger partial charge on any atom is 0.286 e. The lowest BCUT2D eigenvalue weighted by Gasteiger charge is -2.16. The molecule has 4 heteroatoms. The molecule has 1 aromatic rings. The molecule has 0 aromatic heterocycles. The largest absolute Gasteiger partial charge is 0.496 e. The number of benzene rings is 1. The fourth-order valence-electron chi connectivity index (χ4n) is 1.45. The number of rotatable bonds is 4. The Morgan fingerprint density at radius 3 is 2.75 bits per heavy atom. The lowest BCUT2D eigenvalue weighted by Crippen LogP contribution is -2.27. The summed E-state index contributed by atoms with van der Waals surface area (Å²) in [6.45, 7) is 2.33. The number of amides is 1. The maximum atomic E-state index is 11.1. The summed E-state index contributed by atoms with van der Waals surface area (Å²) in [4.78, 5) is 22.8. The molecule has 4 nitrogen and oxygen atoms in total. The van der Waals surface area contributed by atoms with Crippen LogP contribution in [0.3, 0.4) is 0 Å². The van der Waals surface area contributed by atoms with Gasteiger partial charge in [-0.05, 0) is 13.0 Å². The maximum absolute atomic E-state index is 11.1. The highest BCUT2D eigenvalue weighted by Crippen LogP contribution is 2.20. The van der Waals surface area contributed by atoms with Crippen LogP contribution in [0.4, 0.5) is 0 Å². The number of aldehydes is 1. The van der Waals surface area contributed by atoms with Crippen LogP contribution in [0.25, 0.3) is 0 Å². The van der Waals surface area contributed by atoms with Crippen molar-refractivity contribution in [2.75, 3.05) is 14.2 Å². The van der Waals surface area contributed by atoms with Gasteiger partial charge >= 0.3 is 0 Å². The van der Waals surface area contributed by atoms with Gasteiger partial charge in [-0.15, -0.1) is 0 Å². The number of hydrogen-bond donors (Lipinski definition) is 0. The van der Waals surface area contributed by atoms with E-state index in [2.05, 4.69) is 0 Å². The molecule has 1 aromatic carbocycles. The van der Waals surface area contributed by atoms with Crippen molar-refractivity contribution >= 4 is 12.2 Å². The Kier molecular flexibility index (Phi) is 4.05. The third-order valence-corrected chi connectivity index (χ3v) is 2.32. The first kappa shape index (κ1) is 12.2. The summed E-state index contributed by atoms with van der Waals surface area (Å²) < 4.78 is 5.19. The highest BCUT2D eigenvalue weighted by Gasteiger charge is 2.10. The molecule has 0 heterocycles. The van der Waals surface area contributed by atoms with E-state index in [1.165, 1.54) is 4.90 Å². The minimum atomic E-state index is -0.538. The number of carbonyl (C=O) groups is 2. The van der Waals surface area contributed by atoms with Crippen LogP contribution in [-0.4, -0.2) is 31.3 Å². The zero-order chi connectivity index (χ0) is 12.1. The molecule has 0 saturated carbocycles. The van der Waals surface area contributed by atoms with E-state index in [0.717, 1.165) is 16.9 Å². The summed E-state index contributed by atoms with van der Waals surface area (Å²) >= 11 is 0. The Bertz CT molecular complexity index is 401. The second kappa shape index (κ2) is 5.30. The van der Waals surface area contributed by atoms with Gasteiger partial charge in [-0.3, -0.25) is 9.59 Å². The molecule has 0 aliphatic heterocycles. The number of nitrogens with zero attached hydrogens (tertiary/aromatic N) is 1. The van der Waals surface area contributed by atoms with Gasteiger partial charge in [-0.1, -0.05) is 17.7 Å². The molecule has 86 valence electrons. The third-order valence-electron chi connectivity index (χ3n) is 2.32. The molecule has 0 saturated heterocycles.